The van der Waals surface area contributed by atoms with Crippen LogP contribution in [0.15, 0.2) is 0 Å². The van der Waals surface area contributed by atoms with Crippen LogP contribution in [0.4, 0.5) is 0 Å². The topological polar surface area (TPSA) is 23.5 Å². The Balaban J connectivity index is 3.71. The highest BCUT2D eigenvalue weighted by molar-refractivity contribution is 4.61. The third kappa shape index (κ3) is 9.17. The fraction of sp³-hybridized carbons (Fsp3) is 1.00. The molecule has 0 rings (SSSR count). The molecule has 1 N–H and O–H groups in total. The number of rotatable bonds is 11. The molecule has 0 aliphatic carbocycles. The van der Waals surface area contributed by atoms with Crippen LogP contribution in [0.5, 0.6) is 0 Å². The van der Waals surface area contributed by atoms with Gasteiger partial charge in [0.25, 0.3) is 0 Å². The first-order valence-electron chi connectivity index (χ1n) is 7.07. The normalized spacial score (nSPS) is 13.3. The summed E-state index contributed by atoms with van der Waals surface area (Å²) in [6, 6.07) is 0. The fourth-order valence-corrected chi connectivity index (χ4v) is 1.87. The summed E-state index contributed by atoms with van der Waals surface area (Å²) in [6.07, 6.45) is 7.39. The van der Waals surface area contributed by atoms with E-state index in [2.05, 4.69) is 25.7 Å². The van der Waals surface area contributed by atoms with Crippen molar-refractivity contribution >= 4 is 0 Å². The second-order valence-corrected chi connectivity index (χ2v) is 4.95. The van der Waals surface area contributed by atoms with Crippen LogP contribution in [0.25, 0.3) is 0 Å². The van der Waals surface area contributed by atoms with Gasteiger partial charge in [-0.05, 0) is 51.2 Å². The van der Waals surface area contributed by atoms with Gasteiger partial charge >= 0.3 is 0 Å². The quantitative estimate of drug-likeness (QED) is 0.587. The number of aliphatic hydroxyl groups is 1. The summed E-state index contributed by atoms with van der Waals surface area (Å²) in [6.45, 7) is 10.8. The molecule has 0 bridgehead atoms. The van der Waals surface area contributed by atoms with Gasteiger partial charge < -0.3 is 10.0 Å². The molecule has 0 heterocycles. The molecule has 1 unspecified atom stereocenters. The van der Waals surface area contributed by atoms with E-state index in [1.165, 1.54) is 51.7 Å². The largest absolute Gasteiger partial charge is 0.396 e. The Hall–Kier alpha value is -0.0800. The van der Waals surface area contributed by atoms with Crippen molar-refractivity contribution in [3.05, 3.63) is 0 Å². The van der Waals surface area contributed by atoms with Crippen LogP contribution in [0.1, 0.15) is 59.3 Å². The molecule has 0 saturated carbocycles. The molecule has 0 spiro atoms. The van der Waals surface area contributed by atoms with E-state index in [4.69, 9.17) is 5.11 Å². The van der Waals surface area contributed by atoms with Gasteiger partial charge in [-0.1, -0.05) is 33.6 Å². The Morgan fingerprint density at radius 2 is 1.50 bits per heavy atom. The maximum absolute atomic E-state index is 8.87. The van der Waals surface area contributed by atoms with E-state index in [-0.39, 0.29) is 0 Å². The summed E-state index contributed by atoms with van der Waals surface area (Å²) >= 11 is 0. The van der Waals surface area contributed by atoms with Crippen molar-refractivity contribution in [2.24, 2.45) is 5.92 Å². The molecule has 0 amide bonds. The molecule has 0 aromatic carbocycles. The molecular formula is C14H31NO. The van der Waals surface area contributed by atoms with E-state index >= 15 is 0 Å². The van der Waals surface area contributed by atoms with Crippen molar-refractivity contribution in [2.75, 3.05) is 26.2 Å². The zero-order chi connectivity index (χ0) is 12.2. The zero-order valence-corrected chi connectivity index (χ0v) is 11.5. The lowest BCUT2D eigenvalue weighted by Crippen LogP contribution is -2.28. The third-order valence-electron chi connectivity index (χ3n) is 3.22. The van der Waals surface area contributed by atoms with Gasteiger partial charge in [-0.25, -0.2) is 0 Å². The molecule has 16 heavy (non-hydrogen) atoms. The summed E-state index contributed by atoms with van der Waals surface area (Å²) in [5.74, 6) is 0.663. The lowest BCUT2D eigenvalue weighted by atomic mass is 10.0. The minimum absolute atomic E-state index is 0.338. The molecular weight excluding hydrogens is 198 g/mol. The molecule has 98 valence electrons. The van der Waals surface area contributed by atoms with E-state index in [9.17, 15) is 0 Å². The van der Waals surface area contributed by atoms with E-state index in [1.807, 2.05) is 0 Å². The van der Waals surface area contributed by atoms with Gasteiger partial charge in [-0.15, -0.1) is 0 Å². The predicted octanol–water partition coefficient (Wildman–Crippen LogP) is 3.30. The number of hydrogen-bond donors (Lipinski definition) is 1. The highest BCUT2D eigenvalue weighted by Gasteiger charge is 2.07. The first kappa shape index (κ1) is 15.9. The maximum Gasteiger partial charge on any atom is 0.0433 e. The van der Waals surface area contributed by atoms with Gasteiger partial charge in [0.05, 0.1) is 0 Å². The van der Waals surface area contributed by atoms with Crippen LogP contribution in [0, 0.1) is 5.92 Å². The Kier molecular flexibility index (Phi) is 11.3. The van der Waals surface area contributed by atoms with Gasteiger partial charge in [0.15, 0.2) is 0 Å². The summed E-state index contributed by atoms with van der Waals surface area (Å²) in [5, 5.41) is 8.87. The van der Waals surface area contributed by atoms with Crippen molar-refractivity contribution in [2.45, 2.75) is 59.3 Å². The van der Waals surface area contributed by atoms with Crippen LogP contribution in [-0.2, 0) is 0 Å². The predicted molar refractivity (Wildman–Crippen MR) is 71.7 cm³/mol. The second-order valence-electron chi connectivity index (χ2n) is 4.95. The van der Waals surface area contributed by atoms with Crippen LogP contribution >= 0.6 is 0 Å². The molecule has 2 nitrogen and oxygen atoms in total. The van der Waals surface area contributed by atoms with Crippen LogP contribution in [-0.4, -0.2) is 36.2 Å². The fourth-order valence-electron chi connectivity index (χ4n) is 1.87. The smallest absolute Gasteiger partial charge is 0.0433 e. The van der Waals surface area contributed by atoms with Crippen molar-refractivity contribution in [1.82, 2.24) is 4.90 Å². The SMILES string of the molecule is CCCCN(CCCC)CCC(C)CCO. The van der Waals surface area contributed by atoms with Gasteiger partial charge in [-0.3, -0.25) is 0 Å². The van der Waals surface area contributed by atoms with Crippen LogP contribution in [0.3, 0.4) is 0 Å². The third-order valence-corrected chi connectivity index (χ3v) is 3.22. The van der Waals surface area contributed by atoms with Crippen molar-refractivity contribution in [3.63, 3.8) is 0 Å². The summed E-state index contributed by atoms with van der Waals surface area (Å²) in [4.78, 5) is 2.60. The van der Waals surface area contributed by atoms with Crippen molar-refractivity contribution < 1.29 is 5.11 Å². The number of unbranched alkanes of at least 4 members (excludes halogenated alkanes) is 2. The Bertz CT molecular complexity index is 131. The Morgan fingerprint density at radius 3 is 1.94 bits per heavy atom. The standard InChI is InChI=1S/C14H31NO/c1-4-6-10-15(11-7-5-2)12-8-14(3)9-13-16/h14,16H,4-13H2,1-3H3. The van der Waals surface area contributed by atoms with Gasteiger partial charge in [0.2, 0.25) is 0 Å². The molecule has 2 heteroatoms. The molecule has 0 aromatic heterocycles. The van der Waals surface area contributed by atoms with Gasteiger partial charge in [0.1, 0.15) is 0 Å². The van der Waals surface area contributed by atoms with E-state index < -0.39 is 0 Å². The second kappa shape index (κ2) is 11.4. The molecule has 0 radical (unpaired) electrons. The van der Waals surface area contributed by atoms with E-state index in [1.54, 1.807) is 0 Å². The number of nitrogens with zero attached hydrogens (tertiary/aromatic N) is 1. The molecule has 0 saturated heterocycles. The first-order chi connectivity index (χ1) is 7.74. The van der Waals surface area contributed by atoms with Crippen molar-refractivity contribution in [3.8, 4) is 0 Å². The van der Waals surface area contributed by atoms with Crippen LogP contribution < -0.4 is 0 Å². The Morgan fingerprint density at radius 1 is 0.938 bits per heavy atom. The lowest BCUT2D eigenvalue weighted by Gasteiger charge is -2.23. The summed E-state index contributed by atoms with van der Waals surface area (Å²) in [5.41, 5.74) is 0. The summed E-state index contributed by atoms with van der Waals surface area (Å²) in [7, 11) is 0. The van der Waals surface area contributed by atoms with E-state index in [0.29, 0.717) is 12.5 Å². The number of hydrogen-bond acceptors (Lipinski definition) is 2. The van der Waals surface area contributed by atoms with E-state index in [0.717, 1.165) is 6.42 Å². The molecule has 0 aliphatic rings. The molecule has 0 fully saturated rings. The Labute approximate surface area is 102 Å². The monoisotopic (exact) mass is 229 g/mol. The number of aliphatic hydroxyl groups excluding tert-OH is 1. The molecule has 0 aromatic rings. The average Bonchev–Trinajstić information content (AvgIpc) is 2.28. The average molecular weight is 229 g/mol. The highest BCUT2D eigenvalue weighted by Crippen LogP contribution is 2.09. The molecule has 0 aliphatic heterocycles. The van der Waals surface area contributed by atoms with Gasteiger partial charge in [0, 0.05) is 6.61 Å². The lowest BCUT2D eigenvalue weighted by molar-refractivity contribution is 0.222. The zero-order valence-electron chi connectivity index (χ0n) is 11.5. The first-order valence-corrected chi connectivity index (χ1v) is 7.07. The molecule has 1 atom stereocenters. The highest BCUT2D eigenvalue weighted by atomic mass is 16.3. The maximum atomic E-state index is 8.87. The van der Waals surface area contributed by atoms with Crippen molar-refractivity contribution in [1.29, 1.82) is 0 Å². The summed E-state index contributed by atoms with van der Waals surface area (Å²) < 4.78 is 0. The minimum atomic E-state index is 0.338. The van der Waals surface area contributed by atoms with Gasteiger partial charge in [-0.2, -0.15) is 0 Å². The van der Waals surface area contributed by atoms with Crippen LogP contribution in [0.2, 0.25) is 0 Å². The minimum Gasteiger partial charge on any atom is -0.396 e.